The molecule has 16 heavy (non-hydrogen) atoms. The molecule has 1 aromatic carbocycles. The van der Waals surface area contributed by atoms with Crippen molar-refractivity contribution in [2.75, 3.05) is 18.6 Å². The SMILES string of the molecule is CC(CO)N(C)c1ccc([C@H](C)O)cc1Cl. The molecule has 0 saturated carbocycles. The molecule has 0 saturated heterocycles. The Morgan fingerprint density at radius 1 is 1.38 bits per heavy atom. The van der Waals surface area contributed by atoms with Crippen LogP contribution < -0.4 is 4.90 Å². The van der Waals surface area contributed by atoms with Crippen LogP contribution in [0.5, 0.6) is 0 Å². The first-order valence-electron chi connectivity index (χ1n) is 5.28. The van der Waals surface area contributed by atoms with Crippen LogP contribution >= 0.6 is 11.6 Å². The van der Waals surface area contributed by atoms with E-state index >= 15 is 0 Å². The Hall–Kier alpha value is -0.770. The highest BCUT2D eigenvalue weighted by molar-refractivity contribution is 6.33. The zero-order chi connectivity index (χ0) is 12.3. The second kappa shape index (κ2) is 5.53. The number of likely N-dealkylation sites (N-methyl/N-ethyl adjacent to an activating group) is 1. The number of aliphatic hydroxyl groups excluding tert-OH is 2. The van der Waals surface area contributed by atoms with Gasteiger partial charge in [-0.2, -0.15) is 0 Å². The summed E-state index contributed by atoms with van der Waals surface area (Å²) in [5.74, 6) is 0. The van der Waals surface area contributed by atoms with Gasteiger partial charge in [-0.1, -0.05) is 17.7 Å². The highest BCUT2D eigenvalue weighted by Crippen LogP contribution is 2.29. The first-order valence-corrected chi connectivity index (χ1v) is 5.66. The predicted molar refractivity (Wildman–Crippen MR) is 67.0 cm³/mol. The number of aliphatic hydroxyl groups is 2. The van der Waals surface area contributed by atoms with Crippen LogP contribution in [0.25, 0.3) is 0 Å². The minimum atomic E-state index is -0.521. The number of nitrogens with zero attached hydrogens (tertiary/aromatic N) is 1. The van der Waals surface area contributed by atoms with E-state index in [1.165, 1.54) is 0 Å². The van der Waals surface area contributed by atoms with Crippen molar-refractivity contribution in [1.82, 2.24) is 0 Å². The lowest BCUT2D eigenvalue weighted by molar-refractivity contribution is 0.199. The van der Waals surface area contributed by atoms with Crippen molar-refractivity contribution in [3.05, 3.63) is 28.8 Å². The van der Waals surface area contributed by atoms with Crippen LogP contribution in [-0.4, -0.2) is 29.9 Å². The van der Waals surface area contributed by atoms with Gasteiger partial charge in [-0.05, 0) is 31.5 Å². The van der Waals surface area contributed by atoms with Gasteiger partial charge in [0.05, 0.1) is 23.4 Å². The smallest absolute Gasteiger partial charge is 0.0762 e. The maximum Gasteiger partial charge on any atom is 0.0762 e. The first kappa shape index (κ1) is 13.3. The maximum absolute atomic E-state index is 9.42. The lowest BCUT2D eigenvalue weighted by Gasteiger charge is -2.26. The Kier molecular flexibility index (Phi) is 4.59. The van der Waals surface area contributed by atoms with Crippen LogP contribution in [0, 0.1) is 0 Å². The molecule has 0 radical (unpaired) electrons. The molecule has 0 aliphatic rings. The van der Waals surface area contributed by atoms with Crippen molar-refractivity contribution in [1.29, 1.82) is 0 Å². The van der Waals surface area contributed by atoms with E-state index in [9.17, 15) is 5.11 Å². The molecule has 4 heteroatoms. The van der Waals surface area contributed by atoms with Crippen LogP contribution in [0.1, 0.15) is 25.5 Å². The molecule has 0 amide bonds. The fourth-order valence-electron chi connectivity index (χ4n) is 1.43. The van der Waals surface area contributed by atoms with Gasteiger partial charge in [0.2, 0.25) is 0 Å². The summed E-state index contributed by atoms with van der Waals surface area (Å²) in [5, 5.41) is 19.1. The molecular formula is C12H18ClNO2. The standard InChI is InChI=1S/C12H18ClNO2/c1-8(7-15)14(3)12-5-4-10(9(2)16)6-11(12)13/h4-6,8-9,15-16H,7H2,1-3H3/t8?,9-/m0/s1. The number of benzene rings is 1. The van der Waals surface area contributed by atoms with E-state index < -0.39 is 6.10 Å². The van der Waals surface area contributed by atoms with Gasteiger partial charge in [-0.25, -0.2) is 0 Å². The first-order chi connectivity index (χ1) is 7.47. The number of hydrogen-bond donors (Lipinski definition) is 2. The van der Waals surface area contributed by atoms with Crippen molar-refractivity contribution in [2.24, 2.45) is 0 Å². The molecule has 0 aromatic heterocycles. The Morgan fingerprint density at radius 3 is 2.44 bits per heavy atom. The molecule has 0 spiro atoms. The summed E-state index contributed by atoms with van der Waals surface area (Å²) in [6.45, 7) is 3.69. The predicted octanol–water partition coefficient (Wildman–Crippen LogP) is 2.21. The van der Waals surface area contributed by atoms with Crippen LogP contribution in [0.15, 0.2) is 18.2 Å². The number of anilines is 1. The lowest BCUT2D eigenvalue weighted by Crippen LogP contribution is -2.31. The molecule has 0 aliphatic carbocycles. The third kappa shape index (κ3) is 2.88. The summed E-state index contributed by atoms with van der Waals surface area (Å²) in [6, 6.07) is 5.46. The average Bonchev–Trinajstić information content (AvgIpc) is 2.26. The molecule has 0 fully saturated rings. The Bertz CT molecular complexity index is 355. The number of rotatable bonds is 4. The van der Waals surface area contributed by atoms with Crippen molar-refractivity contribution >= 4 is 17.3 Å². The Balaban J connectivity index is 2.99. The Labute approximate surface area is 101 Å². The van der Waals surface area contributed by atoms with Gasteiger partial charge in [-0.15, -0.1) is 0 Å². The second-order valence-corrected chi connectivity index (χ2v) is 4.44. The van der Waals surface area contributed by atoms with Gasteiger partial charge in [0, 0.05) is 13.1 Å². The molecule has 2 atom stereocenters. The minimum Gasteiger partial charge on any atom is -0.394 e. The molecule has 0 aliphatic heterocycles. The molecule has 1 unspecified atom stereocenters. The van der Waals surface area contributed by atoms with Gasteiger partial charge in [-0.3, -0.25) is 0 Å². The normalized spacial score (nSPS) is 14.6. The van der Waals surface area contributed by atoms with Crippen LogP contribution in [0.4, 0.5) is 5.69 Å². The van der Waals surface area contributed by atoms with Crippen molar-refractivity contribution in [2.45, 2.75) is 26.0 Å². The minimum absolute atomic E-state index is 0.00917. The Morgan fingerprint density at radius 2 is 2.00 bits per heavy atom. The summed E-state index contributed by atoms with van der Waals surface area (Å²) >= 11 is 6.13. The summed E-state index contributed by atoms with van der Waals surface area (Å²) in [7, 11) is 1.88. The van der Waals surface area contributed by atoms with E-state index in [1.807, 2.05) is 31.0 Å². The fraction of sp³-hybridized carbons (Fsp3) is 0.500. The average molecular weight is 244 g/mol. The fourth-order valence-corrected chi connectivity index (χ4v) is 1.75. The van der Waals surface area contributed by atoms with Gasteiger partial charge in [0.15, 0.2) is 0 Å². The van der Waals surface area contributed by atoms with Gasteiger partial charge >= 0.3 is 0 Å². The molecule has 90 valence electrons. The largest absolute Gasteiger partial charge is 0.394 e. The van der Waals surface area contributed by atoms with Crippen LogP contribution in [0.3, 0.4) is 0 Å². The van der Waals surface area contributed by atoms with Crippen molar-refractivity contribution < 1.29 is 10.2 Å². The van der Waals surface area contributed by atoms with Gasteiger partial charge < -0.3 is 15.1 Å². The summed E-state index contributed by atoms with van der Waals surface area (Å²) in [5.41, 5.74) is 1.64. The van der Waals surface area contributed by atoms with E-state index in [2.05, 4.69) is 0 Å². The molecule has 0 bridgehead atoms. The lowest BCUT2D eigenvalue weighted by atomic mass is 10.1. The summed E-state index contributed by atoms with van der Waals surface area (Å²) in [4.78, 5) is 1.91. The molecule has 2 N–H and O–H groups in total. The zero-order valence-electron chi connectivity index (χ0n) is 9.81. The third-order valence-corrected chi connectivity index (χ3v) is 3.06. The monoisotopic (exact) mass is 243 g/mol. The van der Waals surface area contributed by atoms with E-state index in [0.717, 1.165) is 11.3 Å². The zero-order valence-corrected chi connectivity index (χ0v) is 10.6. The number of hydrogen-bond acceptors (Lipinski definition) is 3. The molecule has 0 heterocycles. The van der Waals surface area contributed by atoms with E-state index in [1.54, 1.807) is 13.0 Å². The summed E-state index contributed by atoms with van der Waals surface area (Å²) in [6.07, 6.45) is -0.521. The highest BCUT2D eigenvalue weighted by Gasteiger charge is 2.13. The van der Waals surface area contributed by atoms with Crippen LogP contribution in [0.2, 0.25) is 5.02 Å². The molecular weight excluding hydrogens is 226 g/mol. The highest BCUT2D eigenvalue weighted by atomic mass is 35.5. The molecule has 1 rings (SSSR count). The third-order valence-electron chi connectivity index (χ3n) is 2.76. The van der Waals surface area contributed by atoms with Gasteiger partial charge in [0.25, 0.3) is 0 Å². The van der Waals surface area contributed by atoms with Crippen LogP contribution in [-0.2, 0) is 0 Å². The quantitative estimate of drug-likeness (QED) is 0.852. The maximum atomic E-state index is 9.42. The van der Waals surface area contributed by atoms with Gasteiger partial charge in [0.1, 0.15) is 0 Å². The van der Waals surface area contributed by atoms with Crippen molar-refractivity contribution in [3.8, 4) is 0 Å². The topological polar surface area (TPSA) is 43.7 Å². The molecule has 3 nitrogen and oxygen atoms in total. The second-order valence-electron chi connectivity index (χ2n) is 4.03. The van der Waals surface area contributed by atoms with E-state index in [4.69, 9.17) is 16.7 Å². The van der Waals surface area contributed by atoms with E-state index in [0.29, 0.717) is 5.02 Å². The molecule has 1 aromatic rings. The van der Waals surface area contributed by atoms with Crippen molar-refractivity contribution in [3.63, 3.8) is 0 Å². The van der Waals surface area contributed by atoms with E-state index in [-0.39, 0.29) is 12.6 Å². The number of halogens is 1. The summed E-state index contributed by atoms with van der Waals surface area (Å²) < 4.78 is 0.